The van der Waals surface area contributed by atoms with Crippen LogP contribution in [-0.4, -0.2) is 10.9 Å². The number of carbonyl (C=O) groups is 1. The van der Waals surface area contributed by atoms with Gasteiger partial charge in [0.05, 0.1) is 5.69 Å². The Labute approximate surface area is 123 Å². The molecule has 2 aromatic rings. The van der Waals surface area contributed by atoms with Gasteiger partial charge >= 0.3 is 0 Å². The van der Waals surface area contributed by atoms with E-state index in [0.717, 1.165) is 3.57 Å². The summed E-state index contributed by atoms with van der Waals surface area (Å²) in [5.41, 5.74) is 7.20. The minimum Gasteiger partial charge on any atom is -0.399 e. The van der Waals surface area contributed by atoms with E-state index in [1.807, 2.05) is 0 Å². The van der Waals surface area contributed by atoms with Crippen LogP contribution < -0.4 is 11.1 Å². The molecule has 0 saturated carbocycles. The first-order valence-corrected chi connectivity index (χ1v) is 6.50. The fourth-order valence-electron chi connectivity index (χ4n) is 1.42. The van der Waals surface area contributed by atoms with Crippen LogP contribution in [0.25, 0.3) is 0 Å². The topological polar surface area (TPSA) is 68.0 Å². The second-order valence-electron chi connectivity index (χ2n) is 3.57. The van der Waals surface area contributed by atoms with Gasteiger partial charge in [0, 0.05) is 21.0 Å². The number of halogens is 2. The first-order valence-electron chi connectivity index (χ1n) is 5.04. The van der Waals surface area contributed by atoms with Crippen molar-refractivity contribution in [1.29, 1.82) is 0 Å². The van der Waals surface area contributed by atoms with Gasteiger partial charge in [-0.1, -0.05) is 11.6 Å². The molecule has 4 nitrogen and oxygen atoms in total. The number of carbonyl (C=O) groups excluding carboxylic acids is 1. The number of amides is 1. The number of aromatic nitrogens is 1. The molecular weight excluding hydrogens is 365 g/mol. The molecule has 1 aromatic carbocycles. The maximum absolute atomic E-state index is 12.0. The Balaban J connectivity index is 2.25. The van der Waals surface area contributed by atoms with E-state index in [1.54, 1.807) is 36.5 Å². The fraction of sp³-hybridized carbons (Fsp3) is 0. The van der Waals surface area contributed by atoms with Gasteiger partial charge in [0.2, 0.25) is 0 Å². The Kier molecular flexibility index (Phi) is 4.03. The van der Waals surface area contributed by atoms with Crippen molar-refractivity contribution in [1.82, 2.24) is 4.98 Å². The van der Waals surface area contributed by atoms with Gasteiger partial charge in [-0.3, -0.25) is 4.79 Å². The van der Waals surface area contributed by atoms with Gasteiger partial charge in [-0.25, -0.2) is 4.98 Å². The summed E-state index contributed by atoms with van der Waals surface area (Å²) in [6, 6.07) is 8.53. The van der Waals surface area contributed by atoms with Gasteiger partial charge in [-0.2, -0.15) is 0 Å². The van der Waals surface area contributed by atoms with Crippen LogP contribution in [0, 0.1) is 3.57 Å². The molecule has 3 N–H and O–H groups in total. The monoisotopic (exact) mass is 373 g/mol. The molecule has 0 fully saturated rings. The molecule has 0 unspecified atom stereocenters. The zero-order valence-electron chi connectivity index (χ0n) is 9.15. The highest BCUT2D eigenvalue weighted by molar-refractivity contribution is 14.1. The van der Waals surface area contributed by atoms with E-state index >= 15 is 0 Å². The number of benzene rings is 1. The summed E-state index contributed by atoms with van der Waals surface area (Å²) >= 11 is 7.97. The third-order valence-corrected chi connectivity index (χ3v) is 3.11. The molecule has 0 bridgehead atoms. The number of nitrogen functional groups attached to an aromatic ring is 1. The number of hydrogen-bond acceptors (Lipinski definition) is 3. The van der Waals surface area contributed by atoms with Gasteiger partial charge < -0.3 is 11.1 Å². The van der Waals surface area contributed by atoms with E-state index < -0.39 is 0 Å². The lowest BCUT2D eigenvalue weighted by Gasteiger charge is -2.07. The van der Waals surface area contributed by atoms with Crippen LogP contribution in [0.15, 0.2) is 36.5 Å². The Morgan fingerprint density at radius 1 is 1.39 bits per heavy atom. The summed E-state index contributed by atoms with van der Waals surface area (Å²) in [6.45, 7) is 0. The fourth-order valence-corrected chi connectivity index (χ4v) is 2.28. The molecule has 0 atom stereocenters. The lowest BCUT2D eigenvalue weighted by atomic mass is 10.2. The Morgan fingerprint density at radius 3 is 2.83 bits per heavy atom. The van der Waals surface area contributed by atoms with Gasteiger partial charge in [0.25, 0.3) is 5.91 Å². The van der Waals surface area contributed by atoms with Gasteiger partial charge in [-0.15, -0.1) is 0 Å². The summed E-state index contributed by atoms with van der Waals surface area (Å²) in [4.78, 5) is 15.9. The first-order chi connectivity index (χ1) is 8.56. The number of nitrogens with one attached hydrogen (secondary N) is 1. The smallest absolute Gasteiger partial charge is 0.255 e. The minimum absolute atomic E-state index is 0.254. The normalized spacial score (nSPS) is 10.1. The second kappa shape index (κ2) is 5.53. The quantitative estimate of drug-likeness (QED) is 0.483. The summed E-state index contributed by atoms with van der Waals surface area (Å²) < 4.78 is 0.898. The number of hydrogen-bond donors (Lipinski definition) is 2. The molecule has 1 amide bonds. The van der Waals surface area contributed by atoms with Crippen LogP contribution in [-0.2, 0) is 0 Å². The predicted octanol–water partition coefficient (Wildman–Crippen LogP) is 3.17. The van der Waals surface area contributed by atoms with Crippen molar-refractivity contribution in [3.8, 4) is 0 Å². The summed E-state index contributed by atoms with van der Waals surface area (Å²) in [5.74, 6) is -0.268. The van der Waals surface area contributed by atoms with Crippen LogP contribution in [0.5, 0.6) is 0 Å². The van der Waals surface area contributed by atoms with Crippen molar-refractivity contribution >= 4 is 51.5 Å². The van der Waals surface area contributed by atoms with E-state index in [0.29, 0.717) is 16.9 Å². The highest BCUT2D eigenvalue weighted by Crippen LogP contribution is 2.20. The molecule has 0 saturated heterocycles. The lowest BCUT2D eigenvalue weighted by Crippen LogP contribution is -2.13. The molecule has 6 heteroatoms. The average molecular weight is 374 g/mol. The standard InChI is InChI=1S/C12H9ClIN3O/c13-11-10(2-1-3-16-11)17-12(18)7-4-8(14)6-9(15)5-7/h1-6H,15H2,(H,17,18). The average Bonchev–Trinajstić information content (AvgIpc) is 2.31. The number of nitrogens with two attached hydrogens (primary N) is 1. The SMILES string of the molecule is Nc1cc(I)cc(C(=O)Nc2cccnc2Cl)c1. The molecule has 2 rings (SSSR count). The molecule has 0 aliphatic rings. The highest BCUT2D eigenvalue weighted by Gasteiger charge is 2.09. The van der Waals surface area contributed by atoms with Crippen molar-refractivity contribution < 1.29 is 4.79 Å². The van der Waals surface area contributed by atoms with Crippen molar-refractivity contribution in [3.05, 3.63) is 50.8 Å². The number of pyridine rings is 1. The van der Waals surface area contributed by atoms with E-state index in [2.05, 4.69) is 32.9 Å². The molecule has 0 spiro atoms. The molecule has 0 aliphatic heterocycles. The minimum atomic E-state index is -0.268. The van der Waals surface area contributed by atoms with Crippen LogP contribution in [0.1, 0.15) is 10.4 Å². The maximum atomic E-state index is 12.0. The molecule has 18 heavy (non-hydrogen) atoms. The van der Waals surface area contributed by atoms with Crippen molar-refractivity contribution in [2.75, 3.05) is 11.1 Å². The van der Waals surface area contributed by atoms with Gasteiger partial charge in [-0.05, 0) is 52.9 Å². The molecular formula is C12H9ClIN3O. The molecule has 0 aliphatic carbocycles. The summed E-state index contributed by atoms with van der Waals surface area (Å²) in [5, 5.41) is 2.94. The Hall–Kier alpha value is -1.34. The molecule has 1 heterocycles. The Morgan fingerprint density at radius 2 is 2.17 bits per heavy atom. The van der Waals surface area contributed by atoms with Crippen LogP contribution >= 0.6 is 34.2 Å². The highest BCUT2D eigenvalue weighted by atomic mass is 127. The first kappa shape index (κ1) is 13.1. The van der Waals surface area contributed by atoms with E-state index in [4.69, 9.17) is 17.3 Å². The predicted molar refractivity (Wildman–Crippen MR) is 80.8 cm³/mol. The maximum Gasteiger partial charge on any atom is 0.255 e. The number of nitrogens with zero attached hydrogens (tertiary/aromatic N) is 1. The Bertz CT molecular complexity index is 583. The molecule has 92 valence electrons. The van der Waals surface area contributed by atoms with E-state index in [-0.39, 0.29) is 11.1 Å². The zero-order chi connectivity index (χ0) is 13.1. The number of rotatable bonds is 2. The third-order valence-electron chi connectivity index (χ3n) is 2.19. The van der Waals surface area contributed by atoms with E-state index in [1.165, 1.54) is 0 Å². The number of anilines is 2. The van der Waals surface area contributed by atoms with E-state index in [9.17, 15) is 4.79 Å². The van der Waals surface area contributed by atoms with Crippen molar-refractivity contribution in [2.24, 2.45) is 0 Å². The van der Waals surface area contributed by atoms with Crippen molar-refractivity contribution in [3.63, 3.8) is 0 Å². The van der Waals surface area contributed by atoms with Crippen LogP contribution in [0.4, 0.5) is 11.4 Å². The van der Waals surface area contributed by atoms with Crippen molar-refractivity contribution in [2.45, 2.75) is 0 Å². The van der Waals surface area contributed by atoms with Gasteiger partial charge in [0.15, 0.2) is 5.15 Å². The van der Waals surface area contributed by atoms with Crippen LogP contribution in [0.3, 0.4) is 0 Å². The van der Waals surface area contributed by atoms with Crippen LogP contribution in [0.2, 0.25) is 5.15 Å². The summed E-state index contributed by atoms with van der Waals surface area (Å²) in [6.07, 6.45) is 1.56. The second-order valence-corrected chi connectivity index (χ2v) is 5.17. The molecule has 1 aromatic heterocycles. The van der Waals surface area contributed by atoms with Gasteiger partial charge in [0.1, 0.15) is 0 Å². The third kappa shape index (κ3) is 3.11. The largest absolute Gasteiger partial charge is 0.399 e. The summed E-state index contributed by atoms with van der Waals surface area (Å²) in [7, 11) is 0. The zero-order valence-corrected chi connectivity index (χ0v) is 12.1. The lowest BCUT2D eigenvalue weighted by molar-refractivity contribution is 0.102. The molecule has 0 radical (unpaired) electrons.